The molecule has 0 N–H and O–H groups in total. The largest absolute Gasteiger partial charge is 0.297 e. The third kappa shape index (κ3) is 2.25. The van der Waals surface area contributed by atoms with Crippen LogP contribution in [-0.4, -0.2) is 6.69 Å². The number of rotatable bonds is 2. The van der Waals surface area contributed by atoms with Gasteiger partial charge in [-0.05, 0) is 12.1 Å². The molecule has 1 nitrogen and oxygen atoms in total. The molecule has 0 aliphatic carbocycles. The number of halogens is 2. The minimum atomic E-state index is -2.60. The second kappa shape index (κ2) is 4.14. The number of benzene rings is 1. The van der Waals surface area contributed by atoms with Crippen LogP contribution in [0.25, 0.3) is 0 Å². The highest BCUT2D eigenvalue weighted by Crippen LogP contribution is 2.28. The van der Waals surface area contributed by atoms with E-state index in [0.717, 1.165) is 5.19 Å². The molecule has 0 heterocycles. The maximum atomic E-state index is 8.75. The van der Waals surface area contributed by atoms with Gasteiger partial charge in [0.15, 0.2) is 0 Å². The van der Waals surface area contributed by atoms with Crippen LogP contribution in [0.3, 0.4) is 0 Å². The number of nitrogens with zero attached hydrogens (tertiary/aromatic N) is 1. The number of hydrogen-bond acceptors (Lipinski definition) is 1. The van der Waals surface area contributed by atoms with Crippen molar-refractivity contribution in [3.8, 4) is 6.07 Å². The lowest BCUT2D eigenvalue weighted by atomic mass is 10.4. The molecule has 0 saturated carbocycles. The first-order valence-corrected chi connectivity index (χ1v) is 8.02. The Labute approximate surface area is 88.3 Å². The van der Waals surface area contributed by atoms with Crippen LogP contribution in [-0.2, 0) is 0 Å². The molecule has 1 aromatic carbocycles. The zero-order valence-electron chi connectivity index (χ0n) is 7.17. The molecule has 1 aromatic rings. The molecule has 4 heteroatoms. The van der Waals surface area contributed by atoms with E-state index in [9.17, 15) is 0 Å². The quantitative estimate of drug-likeness (QED) is 0.566. The maximum Gasteiger partial charge on any atom is 0.297 e. The zero-order valence-corrected chi connectivity index (χ0v) is 9.68. The van der Waals surface area contributed by atoms with Crippen molar-refractivity contribution in [2.75, 3.05) is 0 Å². The summed E-state index contributed by atoms with van der Waals surface area (Å²) in [6, 6.07) is 11.5. The Bertz CT molecular complexity index is 318. The molecule has 0 aromatic heterocycles. The summed E-state index contributed by atoms with van der Waals surface area (Å²) in [5, 5.41) is 9.64. The second-order valence-electron chi connectivity index (χ2n) is 2.84. The summed E-state index contributed by atoms with van der Waals surface area (Å²) in [4.78, 5) is 0. The highest BCUT2D eigenvalue weighted by molar-refractivity contribution is 7.51. The molecule has 0 radical (unpaired) electrons. The van der Waals surface area contributed by atoms with Gasteiger partial charge in [-0.2, -0.15) is 5.26 Å². The van der Waals surface area contributed by atoms with E-state index in [0.29, 0.717) is 0 Å². The van der Waals surface area contributed by atoms with Crippen LogP contribution in [0.5, 0.6) is 0 Å². The van der Waals surface area contributed by atoms with Gasteiger partial charge in [0.05, 0.1) is 11.6 Å². The lowest BCUT2D eigenvalue weighted by molar-refractivity contribution is 1.18. The van der Waals surface area contributed by atoms with Crippen molar-refractivity contribution in [2.24, 2.45) is 0 Å². The van der Waals surface area contributed by atoms with Gasteiger partial charge in [0.1, 0.15) is 0 Å². The topological polar surface area (TPSA) is 23.8 Å². The summed E-state index contributed by atoms with van der Waals surface area (Å²) in [6.45, 7) is -0.836. The summed E-state index contributed by atoms with van der Waals surface area (Å²) < 4.78 is 0. The van der Waals surface area contributed by atoms with Crippen molar-refractivity contribution in [3.63, 3.8) is 0 Å². The summed E-state index contributed by atoms with van der Waals surface area (Å²) in [5.74, 6) is 0. The monoisotopic (exact) mass is 229 g/mol. The fraction of sp³-hybridized carbons (Fsp3) is 0.222. The van der Waals surface area contributed by atoms with E-state index >= 15 is 0 Å². The van der Waals surface area contributed by atoms with E-state index in [1.165, 1.54) is 0 Å². The third-order valence-corrected chi connectivity index (χ3v) is 7.49. The van der Waals surface area contributed by atoms with Crippen LogP contribution in [0.15, 0.2) is 30.3 Å². The highest BCUT2D eigenvalue weighted by atomic mass is 35.7. The van der Waals surface area contributed by atoms with Crippen LogP contribution < -0.4 is 5.19 Å². The molecule has 1 rings (SSSR count). The van der Waals surface area contributed by atoms with Crippen LogP contribution >= 0.6 is 22.2 Å². The van der Waals surface area contributed by atoms with Gasteiger partial charge in [0.2, 0.25) is 0 Å². The fourth-order valence-electron chi connectivity index (χ4n) is 0.991. The first-order chi connectivity index (χ1) is 6.09. The molecule has 1 atom stereocenters. The second-order valence-corrected chi connectivity index (χ2v) is 9.69. The zero-order chi connectivity index (χ0) is 9.90. The van der Waals surface area contributed by atoms with Crippen molar-refractivity contribution in [2.45, 2.75) is 12.5 Å². The van der Waals surface area contributed by atoms with Crippen LogP contribution in [0.2, 0.25) is 5.54 Å². The summed E-state index contributed by atoms with van der Waals surface area (Å²) in [5.41, 5.74) is -0.293. The molecule has 0 aliphatic heterocycles. The molecule has 0 saturated heterocycles. The molecule has 0 amide bonds. The van der Waals surface area contributed by atoms with Crippen LogP contribution in [0.1, 0.15) is 6.92 Å². The highest BCUT2D eigenvalue weighted by Gasteiger charge is 2.37. The van der Waals surface area contributed by atoms with Gasteiger partial charge in [0, 0.05) is 0 Å². The smallest absolute Gasteiger partial charge is 0.198 e. The van der Waals surface area contributed by atoms with Crippen molar-refractivity contribution >= 4 is 34.0 Å². The minimum Gasteiger partial charge on any atom is -0.198 e. The van der Waals surface area contributed by atoms with Crippen LogP contribution in [0, 0.1) is 11.3 Å². The molecule has 13 heavy (non-hydrogen) atoms. The van der Waals surface area contributed by atoms with E-state index in [4.69, 9.17) is 27.4 Å². The molecule has 1 unspecified atom stereocenters. The Hall–Kier alpha value is -0.493. The van der Waals surface area contributed by atoms with Gasteiger partial charge in [-0.3, -0.25) is 0 Å². The van der Waals surface area contributed by atoms with Gasteiger partial charge in [-0.15, -0.1) is 22.2 Å². The molecule has 0 bridgehead atoms. The van der Waals surface area contributed by atoms with Crippen molar-refractivity contribution in [1.82, 2.24) is 0 Å². The lowest BCUT2D eigenvalue weighted by Crippen LogP contribution is -2.39. The van der Waals surface area contributed by atoms with Crippen molar-refractivity contribution < 1.29 is 0 Å². The predicted octanol–water partition coefficient (Wildman–Crippen LogP) is 2.73. The Morgan fingerprint density at radius 1 is 1.31 bits per heavy atom. The lowest BCUT2D eigenvalue weighted by Gasteiger charge is -2.18. The number of hydrogen-bond donors (Lipinski definition) is 0. The Morgan fingerprint density at radius 3 is 2.31 bits per heavy atom. The Kier molecular flexibility index (Phi) is 3.38. The van der Waals surface area contributed by atoms with Gasteiger partial charge in [-0.25, -0.2) is 0 Å². The summed E-state index contributed by atoms with van der Waals surface area (Å²) in [6.07, 6.45) is 0. The van der Waals surface area contributed by atoms with Crippen molar-refractivity contribution in [1.29, 1.82) is 5.26 Å². The molecular formula is C9H9Cl2NSi. The van der Waals surface area contributed by atoms with E-state index in [1.807, 2.05) is 30.3 Å². The average molecular weight is 230 g/mol. The van der Waals surface area contributed by atoms with Crippen LogP contribution in [0.4, 0.5) is 0 Å². The first-order valence-electron chi connectivity index (χ1n) is 3.92. The minimum absolute atomic E-state index is 0.293. The van der Waals surface area contributed by atoms with Gasteiger partial charge in [0.25, 0.3) is 6.69 Å². The fourth-order valence-corrected chi connectivity index (χ4v) is 3.34. The standard InChI is InChI=1S/C9H9Cl2NSi/c1-8(7-12)13(10,11)9-5-3-2-4-6-9/h2-6,8H,1H3. The van der Waals surface area contributed by atoms with E-state index in [-0.39, 0.29) is 5.54 Å². The molecule has 0 spiro atoms. The summed E-state index contributed by atoms with van der Waals surface area (Å²) in [7, 11) is 0. The first kappa shape index (κ1) is 10.6. The number of nitriles is 1. The molecule has 0 aliphatic rings. The van der Waals surface area contributed by atoms with Gasteiger partial charge < -0.3 is 0 Å². The predicted molar refractivity (Wildman–Crippen MR) is 58.6 cm³/mol. The Morgan fingerprint density at radius 2 is 1.85 bits per heavy atom. The molecule has 0 fully saturated rings. The van der Waals surface area contributed by atoms with Crippen molar-refractivity contribution in [3.05, 3.63) is 30.3 Å². The Balaban J connectivity index is 3.02. The summed E-state index contributed by atoms with van der Waals surface area (Å²) >= 11 is 12.4. The average Bonchev–Trinajstić information content (AvgIpc) is 2.18. The molecular weight excluding hydrogens is 221 g/mol. The van der Waals surface area contributed by atoms with E-state index in [1.54, 1.807) is 6.92 Å². The maximum absolute atomic E-state index is 8.75. The van der Waals surface area contributed by atoms with E-state index < -0.39 is 6.69 Å². The van der Waals surface area contributed by atoms with E-state index in [2.05, 4.69) is 6.07 Å². The van der Waals surface area contributed by atoms with Gasteiger partial charge in [-0.1, -0.05) is 30.3 Å². The molecule has 68 valence electrons. The van der Waals surface area contributed by atoms with Gasteiger partial charge >= 0.3 is 0 Å². The third-order valence-electron chi connectivity index (χ3n) is 1.90. The SMILES string of the molecule is CC(C#N)[Si](Cl)(Cl)c1ccccc1. The normalized spacial score (nSPS) is 13.4.